The maximum Gasteiger partial charge on any atom is 0.243 e. The van der Waals surface area contributed by atoms with Gasteiger partial charge < -0.3 is 5.32 Å². The van der Waals surface area contributed by atoms with Gasteiger partial charge in [-0.2, -0.15) is 4.31 Å². The van der Waals surface area contributed by atoms with Gasteiger partial charge in [0.2, 0.25) is 10.0 Å². The van der Waals surface area contributed by atoms with Crippen LogP contribution in [0, 0.1) is 5.92 Å². The number of piperidine rings is 1. The lowest BCUT2D eigenvalue weighted by Crippen LogP contribution is -2.41. The number of nitrogens with zero attached hydrogens (tertiary/aromatic N) is 1. The molecule has 0 aliphatic carbocycles. The van der Waals surface area contributed by atoms with Crippen molar-refractivity contribution in [2.24, 2.45) is 5.92 Å². The predicted molar refractivity (Wildman–Crippen MR) is 88.8 cm³/mol. The van der Waals surface area contributed by atoms with Gasteiger partial charge in [0, 0.05) is 17.6 Å². The summed E-state index contributed by atoms with van der Waals surface area (Å²) in [5.74, 6) is 0.409. The van der Waals surface area contributed by atoms with Crippen LogP contribution >= 0.6 is 15.9 Å². The molecule has 1 aliphatic heterocycles. The van der Waals surface area contributed by atoms with E-state index in [1.165, 1.54) is 0 Å². The van der Waals surface area contributed by atoms with Gasteiger partial charge in [-0.25, -0.2) is 8.42 Å². The van der Waals surface area contributed by atoms with Gasteiger partial charge >= 0.3 is 0 Å². The molecule has 0 aromatic heterocycles. The van der Waals surface area contributed by atoms with E-state index in [0.717, 1.165) is 36.8 Å². The van der Waals surface area contributed by atoms with E-state index in [4.69, 9.17) is 0 Å². The molecule has 1 fully saturated rings. The van der Waals surface area contributed by atoms with Gasteiger partial charge in [0.05, 0.1) is 4.90 Å². The third kappa shape index (κ3) is 4.52. The van der Waals surface area contributed by atoms with Crippen LogP contribution in [0.1, 0.15) is 26.2 Å². The van der Waals surface area contributed by atoms with Crippen molar-refractivity contribution in [3.8, 4) is 0 Å². The summed E-state index contributed by atoms with van der Waals surface area (Å²) in [6, 6.07) is 6.95. The number of halogens is 1. The third-order valence-electron chi connectivity index (χ3n) is 3.77. The number of benzene rings is 1. The van der Waals surface area contributed by atoms with Gasteiger partial charge in [-0.1, -0.05) is 28.9 Å². The maximum atomic E-state index is 12.8. The summed E-state index contributed by atoms with van der Waals surface area (Å²) < 4.78 is 28.1. The zero-order chi connectivity index (χ0) is 15.3. The number of hydrogen-bond acceptors (Lipinski definition) is 3. The minimum atomic E-state index is -3.41. The fourth-order valence-electron chi connectivity index (χ4n) is 2.70. The number of rotatable bonds is 6. The molecule has 1 saturated heterocycles. The van der Waals surface area contributed by atoms with E-state index in [-0.39, 0.29) is 0 Å². The number of sulfonamides is 1. The van der Waals surface area contributed by atoms with Crippen molar-refractivity contribution in [3.05, 3.63) is 28.7 Å². The van der Waals surface area contributed by atoms with E-state index in [1.807, 2.05) is 13.0 Å². The molecule has 0 amide bonds. The highest BCUT2D eigenvalue weighted by Crippen LogP contribution is 2.22. The molecule has 1 aromatic carbocycles. The maximum absolute atomic E-state index is 12.8. The monoisotopic (exact) mass is 374 g/mol. The Bertz CT molecular complexity index is 557. The van der Waals surface area contributed by atoms with Gasteiger partial charge in [-0.15, -0.1) is 0 Å². The zero-order valence-corrected chi connectivity index (χ0v) is 14.8. The summed E-state index contributed by atoms with van der Waals surface area (Å²) in [6.45, 7) is 5.15. The van der Waals surface area contributed by atoms with Crippen molar-refractivity contribution in [1.82, 2.24) is 9.62 Å². The second-order valence-electron chi connectivity index (χ2n) is 5.53. The topological polar surface area (TPSA) is 49.4 Å². The summed E-state index contributed by atoms with van der Waals surface area (Å²) in [5.41, 5.74) is 0. The van der Waals surface area contributed by atoms with Crippen LogP contribution in [0.5, 0.6) is 0 Å². The number of hydrogen-bond donors (Lipinski definition) is 1. The zero-order valence-electron chi connectivity index (χ0n) is 12.4. The van der Waals surface area contributed by atoms with Crippen molar-refractivity contribution < 1.29 is 8.42 Å². The first-order valence-corrected chi connectivity index (χ1v) is 9.73. The Hall–Kier alpha value is -0.430. The average molecular weight is 375 g/mol. The molecule has 2 rings (SSSR count). The summed E-state index contributed by atoms with van der Waals surface area (Å²) in [7, 11) is -3.41. The molecule has 1 N–H and O–H groups in total. The third-order valence-corrected chi connectivity index (χ3v) is 6.12. The van der Waals surface area contributed by atoms with E-state index in [9.17, 15) is 8.42 Å². The van der Waals surface area contributed by atoms with Crippen LogP contribution in [-0.2, 0) is 10.0 Å². The first-order valence-electron chi connectivity index (χ1n) is 7.50. The Morgan fingerprint density at radius 1 is 1.43 bits per heavy atom. The first-order chi connectivity index (χ1) is 10.0. The largest absolute Gasteiger partial charge is 0.316 e. The van der Waals surface area contributed by atoms with E-state index >= 15 is 0 Å². The molecule has 118 valence electrons. The van der Waals surface area contributed by atoms with Crippen LogP contribution < -0.4 is 5.32 Å². The molecule has 21 heavy (non-hydrogen) atoms. The summed E-state index contributed by atoms with van der Waals surface area (Å²) >= 11 is 3.35. The van der Waals surface area contributed by atoms with E-state index in [0.29, 0.717) is 23.9 Å². The molecule has 0 saturated carbocycles. The second-order valence-corrected chi connectivity index (χ2v) is 8.39. The normalized spacial score (nSPS) is 19.9. The Balaban J connectivity index is 2.19. The Morgan fingerprint density at radius 2 is 2.24 bits per heavy atom. The standard InChI is InChI=1S/C15H23BrN2O2S/c1-2-9-18(12-13-5-4-8-17-11-13)21(19,20)15-7-3-6-14(16)10-15/h3,6-7,10,13,17H,2,4-5,8-9,11-12H2,1H3. The minimum absolute atomic E-state index is 0.370. The molecule has 1 aliphatic rings. The van der Waals surface area contributed by atoms with Gasteiger partial charge in [0.25, 0.3) is 0 Å². The molecule has 1 aromatic rings. The van der Waals surface area contributed by atoms with Crippen molar-refractivity contribution in [1.29, 1.82) is 0 Å². The van der Waals surface area contributed by atoms with E-state index in [2.05, 4.69) is 21.2 Å². The van der Waals surface area contributed by atoms with Crippen LogP contribution in [0.2, 0.25) is 0 Å². The van der Waals surface area contributed by atoms with E-state index < -0.39 is 10.0 Å². The molecule has 0 spiro atoms. The van der Waals surface area contributed by atoms with Crippen LogP contribution in [0.3, 0.4) is 0 Å². The van der Waals surface area contributed by atoms with E-state index in [1.54, 1.807) is 22.5 Å². The van der Waals surface area contributed by atoms with Crippen LogP contribution in [0.25, 0.3) is 0 Å². The van der Waals surface area contributed by atoms with Gasteiger partial charge in [0.1, 0.15) is 0 Å². The highest BCUT2D eigenvalue weighted by molar-refractivity contribution is 9.10. The minimum Gasteiger partial charge on any atom is -0.316 e. The summed E-state index contributed by atoms with van der Waals surface area (Å²) in [6.07, 6.45) is 3.05. The van der Waals surface area contributed by atoms with Crippen molar-refractivity contribution in [2.75, 3.05) is 26.2 Å². The van der Waals surface area contributed by atoms with Crippen molar-refractivity contribution in [2.45, 2.75) is 31.1 Å². The highest BCUT2D eigenvalue weighted by Gasteiger charge is 2.27. The lowest BCUT2D eigenvalue weighted by molar-refractivity contribution is 0.291. The lowest BCUT2D eigenvalue weighted by Gasteiger charge is -2.29. The molecule has 1 heterocycles. The fourth-order valence-corrected chi connectivity index (χ4v) is 4.91. The molecular weight excluding hydrogens is 352 g/mol. The first kappa shape index (κ1) is 16.9. The molecule has 0 radical (unpaired) electrons. The average Bonchev–Trinajstić information content (AvgIpc) is 2.48. The fraction of sp³-hybridized carbons (Fsp3) is 0.600. The molecular formula is C15H23BrN2O2S. The summed E-state index contributed by atoms with van der Waals surface area (Å²) in [5, 5.41) is 3.35. The quantitative estimate of drug-likeness (QED) is 0.832. The smallest absolute Gasteiger partial charge is 0.243 e. The number of nitrogens with one attached hydrogen (secondary N) is 1. The van der Waals surface area contributed by atoms with Crippen molar-refractivity contribution in [3.63, 3.8) is 0 Å². The molecule has 1 unspecified atom stereocenters. The second kappa shape index (κ2) is 7.72. The SMILES string of the molecule is CCCN(CC1CCCNC1)S(=O)(=O)c1cccc(Br)c1. The van der Waals surface area contributed by atoms with Gasteiger partial charge in [-0.05, 0) is 56.5 Å². The van der Waals surface area contributed by atoms with Crippen molar-refractivity contribution >= 4 is 26.0 Å². The van der Waals surface area contributed by atoms with Crippen LogP contribution in [0.4, 0.5) is 0 Å². The van der Waals surface area contributed by atoms with Crippen LogP contribution in [0.15, 0.2) is 33.6 Å². The lowest BCUT2D eigenvalue weighted by atomic mass is 10.00. The van der Waals surface area contributed by atoms with Crippen LogP contribution in [-0.4, -0.2) is 38.9 Å². The highest BCUT2D eigenvalue weighted by atomic mass is 79.9. The molecule has 4 nitrogen and oxygen atoms in total. The Kier molecular flexibility index (Phi) is 6.22. The Labute approximate surface area is 136 Å². The Morgan fingerprint density at radius 3 is 2.86 bits per heavy atom. The molecule has 6 heteroatoms. The van der Waals surface area contributed by atoms with Gasteiger partial charge in [0.15, 0.2) is 0 Å². The van der Waals surface area contributed by atoms with Gasteiger partial charge in [-0.3, -0.25) is 0 Å². The molecule has 0 bridgehead atoms. The summed E-state index contributed by atoms with van der Waals surface area (Å²) in [4.78, 5) is 0.370. The predicted octanol–water partition coefficient (Wildman–Crippen LogP) is 2.85. The molecule has 1 atom stereocenters.